The number of likely N-dealkylation sites (tertiary alicyclic amines) is 2. The minimum Gasteiger partial charge on any atom is -0.396 e. The van der Waals surface area contributed by atoms with Gasteiger partial charge in [0.2, 0.25) is 5.91 Å². The average Bonchev–Trinajstić information content (AvgIpc) is 2.56. The molecule has 6 nitrogen and oxygen atoms in total. The average molecular weight is 327 g/mol. The Bertz CT molecular complexity index is 370. The van der Waals surface area contributed by atoms with Crippen LogP contribution >= 0.6 is 0 Å². The molecule has 6 heteroatoms. The van der Waals surface area contributed by atoms with E-state index in [4.69, 9.17) is 10.5 Å². The van der Waals surface area contributed by atoms with E-state index in [9.17, 15) is 9.90 Å². The second-order valence-corrected chi connectivity index (χ2v) is 7.05. The number of carbonyl (C=O) groups excluding carboxylic acids is 1. The molecule has 2 heterocycles. The van der Waals surface area contributed by atoms with Gasteiger partial charge in [0.1, 0.15) is 0 Å². The number of primary amides is 1. The highest BCUT2D eigenvalue weighted by Gasteiger charge is 2.44. The molecule has 0 aromatic heterocycles. The number of aliphatic hydroxyl groups excluding tert-OH is 1. The Morgan fingerprint density at radius 3 is 2.43 bits per heavy atom. The Labute approximate surface area is 139 Å². The third-order valence-corrected chi connectivity index (χ3v) is 5.77. The van der Waals surface area contributed by atoms with Crippen LogP contribution in [0.5, 0.6) is 0 Å². The van der Waals surface area contributed by atoms with Crippen LogP contribution in [-0.4, -0.2) is 79.9 Å². The van der Waals surface area contributed by atoms with Crippen LogP contribution in [0.3, 0.4) is 0 Å². The monoisotopic (exact) mass is 327 g/mol. The largest absolute Gasteiger partial charge is 0.396 e. The zero-order valence-electron chi connectivity index (χ0n) is 14.5. The van der Waals surface area contributed by atoms with Crippen LogP contribution in [0, 0.1) is 11.3 Å². The molecule has 1 spiro atoms. The van der Waals surface area contributed by atoms with Gasteiger partial charge in [0, 0.05) is 45.2 Å². The van der Waals surface area contributed by atoms with Gasteiger partial charge in [-0.1, -0.05) is 0 Å². The molecule has 134 valence electrons. The van der Waals surface area contributed by atoms with Gasteiger partial charge in [0.15, 0.2) is 0 Å². The molecule has 0 aliphatic carbocycles. The number of aliphatic hydroxyl groups is 1. The van der Waals surface area contributed by atoms with Crippen molar-refractivity contribution >= 4 is 5.91 Å². The molecular formula is C17H33N3O3. The summed E-state index contributed by atoms with van der Waals surface area (Å²) in [6.45, 7) is 9.72. The number of hydrogen-bond donors (Lipinski definition) is 2. The molecule has 2 aliphatic heterocycles. The predicted octanol–water partition coefficient (Wildman–Crippen LogP) is 0.295. The summed E-state index contributed by atoms with van der Waals surface area (Å²) in [6.07, 6.45) is 3.86. The molecule has 0 radical (unpaired) electrons. The summed E-state index contributed by atoms with van der Waals surface area (Å²) in [5, 5.41) is 9.89. The number of rotatable bonds is 8. The Morgan fingerprint density at radius 1 is 1.22 bits per heavy atom. The van der Waals surface area contributed by atoms with Crippen molar-refractivity contribution in [3.63, 3.8) is 0 Å². The van der Waals surface area contributed by atoms with Gasteiger partial charge in [-0.3, -0.25) is 4.79 Å². The molecule has 1 atom stereocenters. The van der Waals surface area contributed by atoms with Crippen molar-refractivity contribution < 1.29 is 14.6 Å². The minimum absolute atomic E-state index is 0.242. The first-order chi connectivity index (χ1) is 11.1. The van der Waals surface area contributed by atoms with Crippen molar-refractivity contribution in [2.24, 2.45) is 17.1 Å². The smallest absolute Gasteiger partial charge is 0.218 e. The molecule has 2 rings (SSSR count). The van der Waals surface area contributed by atoms with Crippen molar-refractivity contribution in [3.05, 3.63) is 0 Å². The lowest BCUT2D eigenvalue weighted by Gasteiger charge is -2.51. The predicted molar refractivity (Wildman–Crippen MR) is 90.0 cm³/mol. The first-order valence-corrected chi connectivity index (χ1v) is 9.01. The van der Waals surface area contributed by atoms with E-state index in [0.29, 0.717) is 12.3 Å². The lowest BCUT2D eigenvalue weighted by atomic mass is 9.64. The second kappa shape index (κ2) is 8.97. The summed E-state index contributed by atoms with van der Waals surface area (Å²) in [5.74, 6) is 0.0756. The van der Waals surface area contributed by atoms with E-state index in [1.165, 1.54) is 0 Å². The van der Waals surface area contributed by atoms with Gasteiger partial charge >= 0.3 is 0 Å². The first-order valence-electron chi connectivity index (χ1n) is 9.01. The Kier molecular flexibility index (Phi) is 7.27. The third kappa shape index (κ3) is 5.14. The quantitative estimate of drug-likeness (QED) is 0.627. The van der Waals surface area contributed by atoms with Crippen LogP contribution in [0.2, 0.25) is 0 Å². The van der Waals surface area contributed by atoms with E-state index >= 15 is 0 Å². The van der Waals surface area contributed by atoms with Crippen LogP contribution in [0.1, 0.15) is 32.6 Å². The molecule has 23 heavy (non-hydrogen) atoms. The number of carbonyl (C=O) groups is 1. The SMILES string of the molecule is CCOCCN1CCC2(CC1)CCN(CCC(N)=O)C[C@@H]2CO. The summed E-state index contributed by atoms with van der Waals surface area (Å²) in [7, 11) is 0. The van der Waals surface area contributed by atoms with Gasteiger partial charge < -0.3 is 25.4 Å². The highest BCUT2D eigenvalue weighted by Crippen LogP contribution is 2.45. The number of amides is 1. The summed E-state index contributed by atoms with van der Waals surface area (Å²) in [6, 6.07) is 0. The zero-order valence-corrected chi connectivity index (χ0v) is 14.5. The normalized spacial score (nSPS) is 25.7. The minimum atomic E-state index is -0.242. The lowest BCUT2D eigenvalue weighted by molar-refractivity contribution is -0.118. The molecular weight excluding hydrogens is 294 g/mol. The fraction of sp³-hybridized carbons (Fsp3) is 0.941. The van der Waals surface area contributed by atoms with Gasteiger partial charge in [0.05, 0.1) is 6.61 Å². The zero-order chi connectivity index (χ0) is 16.7. The number of nitrogens with zero attached hydrogens (tertiary/aromatic N) is 2. The van der Waals surface area contributed by atoms with E-state index in [-0.39, 0.29) is 17.9 Å². The van der Waals surface area contributed by atoms with Crippen LogP contribution in [0.4, 0.5) is 0 Å². The van der Waals surface area contributed by atoms with Crippen LogP contribution in [0.25, 0.3) is 0 Å². The van der Waals surface area contributed by atoms with Crippen LogP contribution in [0.15, 0.2) is 0 Å². The number of piperidine rings is 2. The molecule has 0 unspecified atom stereocenters. The molecule has 2 fully saturated rings. The standard InChI is InChI=1S/C17H33N3O3/c1-2-23-12-11-19-8-4-17(5-9-19)6-10-20(7-3-16(18)22)13-15(17)14-21/h15,21H,2-14H2,1H3,(H2,18,22)/t15-/m1/s1. The topological polar surface area (TPSA) is 79.0 Å². The Balaban J connectivity index is 1.82. The van der Waals surface area contributed by atoms with Crippen molar-refractivity contribution in [1.29, 1.82) is 0 Å². The first kappa shape index (κ1) is 18.6. The molecule has 2 saturated heterocycles. The van der Waals surface area contributed by atoms with Gasteiger partial charge in [-0.25, -0.2) is 0 Å². The van der Waals surface area contributed by atoms with E-state index in [1.54, 1.807) is 0 Å². The summed E-state index contributed by atoms with van der Waals surface area (Å²) < 4.78 is 5.45. The number of ether oxygens (including phenoxy) is 1. The Morgan fingerprint density at radius 2 is 1.87 bits per heavy atom. The van der Waals surface area contributed by atoms with E-state index in [1.807, 2.05) is 6.92 Å². The highest BCUT2D eigenvalue weighted by molar-refractivity contribution is 5.73. The Hall–Kier alpha value is -0.690. The molecule has 3 N–H and O–H groups in total. The highest BCUT2D eigenvalue weighted by atomic mass is 16.5. The van der Waals surface area contributed by atoms with E-state index in [2.05, 4.69) is 9.80 Å². The number of nitrogens with two attached hydrogens (primary N) is 1. The molecule has 0 saturated carbocycles. The van der Waals surface area contributed by atoms with Crippen molar-refractivity contribution in [2.75, 3.05) is 59.1 Å². The lowest BCUT2D eigenvalue weighted by Crippen LogP contribution is -2.54. The van der Waals surface area contributed by atoms with Crippen molar-refractivity contribution in [1.82, 2.24) is 9.80 Å². The fourth-order valence-corrected chi connectivity index (χ4v) is 4.12. The maximum absolute atomic E-state index is 11.0. The fourth-order valence-electron chi connectivity index (χ4n) is 4.12. The molecule has 0 bridgehead atoms. The van der Waals surface area contributed by atoms with Crippen molar-refractivity contribution in [2.45, 2.75) is 32.6 Å². The third-order valence-electron chi connectivity index (χ3n) is 5.77. The van der Waals surface area contributed by atoms with Gasteiger partial charge in [-0.15, -0.1) is 0 Å². The maximum Gasteiger partial charge on any atom is 0.218 e. The number of hydrogen-bond acceptors (Lipinski definition) is 5. The second-order valence-electron chi connectivity index (χ2n) is 7.05. The molecule has 0 aromatic rings. The molecule has 0 aromatic carbocycles. The summed E-state index contributed by atoms with van der Waals surface area (Å²) in [4.78, 5) is 15.7. The molecule has 2 aliphatic rings. The van der Waals surface area contributed by atoms with Gasteiger partial charge in [0.25, 0.3) is 0 Å². The van der Waals surface area contributed by atoms with E-state index in [0.717, 1.165) is 71.7 Å². The summed E-state index contributed by atoms with van der Waals surface area (Å²) in [5.41, 5.74) is 5.53. The van der Waals surface area contributed by atoms with Crippen LogP contribution < -0.4 is 5.73 Å². The van der Waals surface area contributed by atoms with E-state index < -0.39 is 0 Å². The van der Waals surface area contributed by atoms with Gasteiger partial charge in [-0.05, 0) is 51.2 Å². The molecule has 1 amide bonds. The van der Waals surface area contributed by atoms with Crippen LogP contribution in [-0.2, 0) is 9.53 Å². The summed E-state index contributed by atoms with van der Waals surface area (Å²) >= 11 is 0. The van der Waals surface area contributed by atoms with Crippen molar-refractivity contribution in [3.8, 4) is 0 Å². The maximum atomic E-state index is 11.0. The van der Waals surface area contributed by atoms with Gasteiger partial charge in [-0.2, -0.15) is 0 Å².